The van der Waals surface area contributed by atoms with E-state index in [0.29, 0.717) is 15.9 Å². The largest absolute Gasteiger partial charge is 0.495 e. The first-order chi connectivity index (χ1) is 14.5. The number of methoxy groups -OCH3 is 1. The van der Waals surface area contributed by atoms with E-state index in [-0.39, 0.29) is 21.6 Å². The van der Waals surface area contributed by atoms with Crippen LogP contribution in [0.5, 0.6) is 5.75 Å². The van der Waals surface area contributed by atoms with Crippen molar-refractivity contribution in [3.05, 3.63) is 58.1 Å². The molecule has 164 valence electrons. The van der Waals surface area contributed by atoms with Crippen LogP contribution in [0.4, 0.5) is 10.8 Å². The molecule has 1 aromatic heterocycles. The van der Waals surface area contributed by atoms with Gasteiger partial charge in [-0.2, -0.15) is 0 Å². The van der Waals surface area contributed by atoms with Gasteiger partial charge in [0.25, 0.3) is 15.9 Å². The normalized spacial score (nSPS) is 11.8. The van der Waals surface area contributed by atoms with Crippen LogP contribution < -0.4 is 14.8 Å². The van der Waals surface area contributed by atoms with E-state index < -0.39 is 15.9 Å². The number of ether oxygens (including phenoxy) is 1. The molecule has 3 aromatic rings. The van der Waals surface area contributed by atoms with Gasteiger partial charge in [-0.05, 0) is 36.4 Å². The lowest BCUT2D eigenvalue weighted by Crippen LogP contribution is -2.16. The molecule has 0 fully saturated rings. The van der Waals surface area contributed by atoms with E-state index >= 15 is 0 Å². The lowest BCUT2D eigenvalue weighted by molar-refractivity contribution is 0.102. The van der Waals surface area contributed by atoms with Crippen LogP contribution in [-0.2, 0) is 15.4 Å². The van der Waals surface area contributed by atoms with Gasteiger partial charge in [-0.3, -0.25) is 14.8 Å². The Kier molecular flexibility index (Phi) is 6.54. The highest BCUT2D eigenvalue weighted by Crippen LogP contribution is 2.30. The number of carbonyl (C=O) groups excluding carboxylic acids is 1. The minimum atomic E-state index is -4.00. The van der Waals surface area contributed by atoms with Gasteiger partial charge >= 0.3 is 0 Å². The van der Waals surface area contributed by atoms with Crippen LogP contribution in [0, 0.1) is 0 Å². The van der Waals surface area contributed by atoms with E-state index in [4.69, 9.17) is 16.3 Å². The van der Waals surface area contributed by atoms with E-state index in [1.165, 1.54) is 48.8 Å². The molecule has 1 amide bonds. The number of aromatic nitrogens is 2. The maximum atomic E-state index is 12.9. The third kappa shape index (κ3) is 5.52. The molecule has 3 rings (SSSR count). The Morgan fingerprint density at radius 1 is 1.13 bits per heavy atom. The average Bonchev–Trinajstić information content (AvgIpc) is 3.17. The van der Waals surface area contributed by atoms with Crippen LogP contribution >= 0.6 is 22.9 Å². The molecule has 2 aromatic carbocycles. The number of sulfonamides is 1. The number of hydrogen-bond acceptors (Lipinski definition) is 7. The third-order valence-corrected chi connectivity index (χ3v) is 6.96. The van der Waals surface area contributed by atoms with Crippen molar-refractivity contribution < 1.29 is 17.9 Å². The highest BCUT2D eigenvalue weighted by molar-refractivity contribution is 7.92. The molecule has 0 aliphatic carbocycles. The molecule has 31 heavy (non-hydrogen) atoms. The Morgan fingerprint density at radius 3 is 2.52 bits per heavy atom. The smallest absolute Gasteiger partial charge is 0.262 e. The number of carbonyl (C=O) groups is 1. The van der Waals surface area contributed by atoms with E-state index in [1.807, 2.05) is 20.8 Å². The summed E-state index contributed by atoms with van der Waals surface area (Å²) in [6.07, 6.45) is 0. The van der Waals surface area contributed by atoms with Gasteiger partial charge in [-0.25, -0.2) is 8.42 Å². The first-order valence-corrected chi connectivity index (χ1v) is 11.8. The first kappa shape index (κ1) is 23.0. The van der Waals surface area contributed by atoms with Gasteiger partial charge in [0.15, 0.2) is 0 Å². The number of halogens is 1. The minimum Gasteiger partial charge on any atom is -0.495 e. The molecule has 0 unspecified atom stereocenters. The van der Waals surface area contributed by atoms with Gasteiger partial charge in [-0.1, -0.05) is 49.8 Å². The third-order valence-electron chi connectivity index (χ3n) is 4.10. The SMILES string of the molecule is COc1ccc(Cl)cc1NS(=O)(=O)c1cccc(C(=O)Nc2nnc(C(C)(C)C)s2)c1. The second-order valence-electron chi connectivity index (χ2n) is 7.59. The molecule has 0 radical (unpaired) electrons. The lowest BCUT2D eigenvalue weighted by Gasteiger charge is -2.13. The van der Waals surface area contributed by atoms with Crippen molar-refractivity contribution in [2.45, 2.75) is 31.1 Å². The molecule has 0 spiro atoms. The fourth-order valence-electron chi connectivity index (χ4n) is 2.51. The van der Waals surface area contributed by atoms with Crippen LogP contribution in [0.25, 0.3) is 0 Å². The fraction of sp³-hybridized carbons (Fsp3) is 0.250. The Bertz CT molecular complexity index is 1220. The molecule has 0 aliphatic heterocycles. The quantitative estimate of drug-likeness (QED) is 0.535. The monoisotopic (exact) mass is 480 g/mol. The Morgan fingerprint density at radius 2 is 1.87 bits per heavy atom. The predicted molar refractivity (Wildman–Crippen MR) is 122 cm³/mol. The number of hydrogen-bond donors (Lipinski definition) is 2. The van der Waals surface area contributed by atoms with Crippen molar-refractivity contribution in [3.8, 4) is 5.75 Å². The Balaban J connectivity index is 1.83. The molecule has 11 heteroatoms. The van der Waals surface area contributed by atoms with Crippen LogP contribution in [0.2, 0.25) is 5.02 Å². The highest BCUT2D eigenvalue weighted by atomic mass is 35.5. The van der Waals surface area contributed by atoms with Crippen LogP contribution in [0.15, 0.2) is 47.4 Å². The topological polar surface area (TPSA) is 110 Å². The van der Waals surface area contributed by atoms with E-state index in [9.17, 15) is 13.2 Å². The predicted octanol–water partition coefficient (Wildman–Crippen LogP) is 4.55. The van der Waals surface area contributed by atoms with Crippen LogP contribution in [0.3, 0.4) is 0 Å². The van der Waals surface area contributed by atoms with Crippen molar-refractivity contribution in [2.75, 3.05) is 17.1 Å². The fourth-order valence-corrected chi connectivity index (χ4v) is 4.59. The summed E-state index contributed by atoms with van der Waals surface area (Å²) in [5.41, 5.74) is 0.156. The summed E-state index contributed by atoms with van der Waals surface area (Å²) >= 11 is 7.24. The number of anilines is 2. The second-order valence-corrected chi connectivity index (χ2v) is 10.7. The zero-order valence-electron chi connectivity index (χ0n) is 17.3. The van der Waals surface area contributed by atoms with Crippen molar-refractivity contribution >= 4 is 49.7 Å². The van der Waals surface area contributed by atoms with Gasteiger partial charge in [0.2, 0.25) is 5.13 Å². The summed E-state index contributed by atoms with van der Waals surface area (Å²) in [5.74, 6) is -0.179. The number of benzene rings is 2. The summed E-state index contributed by atoms with van der Waals surface area (Å²) in [5, 5.41) is 12.2. The molecule has 0 aliphatic rings. The molecule has 0 atom stereocenters. The number of nitrogens with one attached hydrogen (secondary N) is 2. The van der Waals surface area contributed by atoms with E-state index in [0.717, 1.165) is 5.01 Å². The summed E-state index contributed by atoms with van der Waals surface area (Å²) in [4.78, 5) is 12.5. The molecule has 0 saturated heterocycles. The second kappa shape index (κ2) is 8.81. The van der Waals surface area contributed by atoms with Gasteiger partial charge < -0.3 is 4.74 Å². The number of nitrogens with zero attached hydrogens (tertiary/aromatic N) is 2. The van der Waals surface area contributed by atoms with Crippen molar-refractivity contribution in [1.29, 1.82) is 0 Å². The molecule has 2 N–H and O–H groups in total. The first-order valence-electron chi connectivity index (χ1n) is 9.11. The molecule has 0 saturated carbocycles. The van der Waals surface area contributed by atoms with Crippen molar-refractivity contribution in [1.82, 2.24) is 10.2 Å². The molecule has 8 nitrogen and oxygen atoms in total. The Labute approximate surface area is 189 Å². The van der Waals surface area contributed by atoms with Gasteiger partial charge in [-0.15, -0.1) is 10.2 Å². The molecule has 1 heterocycles. The Hall–Kier alpha value is -2.69. The summed E-state index contributed by atoms with van der Waals surface area (Å²) in [6, 6.07) is 10.2. The summed E-state index contributed by atoms with van der Waals surface area (Å²) in [7, 11) is -2.58. The van der Waals surface area contributed by atoms with Crippen molar-refractivity contribution in [2.24, 2.45) is 0 Å². The van der Waals surface area contributed by atoms with E-state index in [1.54, 1.807) is 12.1 Å². The maximum Gasteiger partial charge on any atom is 0.262 e. The highest BCUT2D eigenvalue weighted by Gasteiger charge is 2.22. The van der Waals surface area contributed by atoms with Gasteiger partial charge in [0.05, 0.1) is 17.7 Å². The zero-order chi connectivity index (χ0) is 22.8. The summed E-state index contributed by atoms with van der Waals surface area (Å²) in [6.45, 7) is 5.99. The average molecular weight is 481 g/mol. The summed E-state index contributed by atoms with van der Waals surface area (Å²) < 4.78 is 33.3. The number of amides is 1. The van der Waals surface area contributed by atoms with Gasteiger partial charge in [0, 0.05) is 16.0 Å². The van der Waals surface area contributed by atoms with Crippen molar-refractivity contribution in [3.63, 3.8) is 0 Å². The zero-order valence-corrected chi connectivity index (χ0v) is 19.7. The molecule has 0 bridgehead atoms. The van der Waals surface area contributed by atoms with E-state index in [2.05, 4.69) is 20.2 Å². The van der Waals surface area contributed by atoms with Crippen LogP contribution in [-0.4, -0.2) is 31.6 Å². The molecular weight excluding hydrogens is 460 g/mol. The van der Waals surface area contributed by atoms with Crippen LogP contribution in [0.1, 0.15) is 36.1 Å². The standard InChI is InChI=1S/C20H21ClN4O4S2/c1-20(2,3)18-23-24-19(30-18)22-17(26)12-6-5-7-14(10-12)31(27,28)25-15-11-13(21)8-9-16(15)29-4/h5-11,25H,1-4H3,(H,22,24,26). The lowest BCUT2D eigenvalue weighted by atomic mass is 9.98. The van der Waals surface area contributed by atoms with Gasteiger partial charge in [0.1, 0.15) is 10.8 Å². The molecular formula is C20H21ClN4O4S2. The number of rotatable bonds is 6. The minimum absolute atomic E-state index is 0.0881. The maximum absolute atomic E-state index is 12.9.